The van der Waals surface area contributed by atoms with Gasteiger partial charge in [0, 0.05) is 6.20 Å². The van der Waals surface area contributed by atoms with E-state index in [0.717, 1.165) is 5.56 Å². The number of carbonyl (C=O) groups is 2. The maximum atomic E-state index is 12.0. The summed E-state index contributed by atoms with van der Waals surface area (Å²) in [4.78, 5) is 23.7. The maximum absolute atomic E-state index is 12.0. The molecule has 2 aromatic rings. The molecule has 0 saturated heterocycles. The third-order valence-electron chi connectivity index (χ3n) is 3.24. The molecule has 0 fully saturated rings. The molecule has 0 saturated carbocycles. The van der Waals surface area contributed by atoms with Crippen molar-refractivity contribution in [1.29, 1.82) is 0 Å². The monoisotopic (exact) mass is 330 g/mol. The van der Waals surface area contributed by atoms with Gasteiger partial charge in [-0.3, -0.25) is 25.1 Å². The van der Waals surface area contributed by atoms with Crippen molar-refractivity contribution in [1.82, 2.24) is 20.6 Å². The number of benzene rings is 1. The van der Waals surface area contributed by atoms with Gasteiger partial charge in [0.05, 0.1) is 17.3 Å². The number of ether oxygens (including phenoxy) is 1. The first-order chi connectivity index (χ1) is 11.3. The highest BCUT2D eigenvalue weighted by Gasteiger charge is 2.17. The number of hydrogen-bond acceptors (Lipinski definition) is 4. The van der Waals surface area contributed by atoms with Gasteiger partial charge in [-0.25, -0.2) is 0 Å². The van der Waals surface area contributed by atoms with Crippen molar-refractivity contribution < 1.29 is 14.3 Å². The minimum absolute atomic E-state index is 0.190. The highest BCUT2D eigenvalue weighted by molar-refractivity contribution is 5.95. The van der Waals surface area contributed by atoms with Crippen molar-refractivity contribution in [2.75, 3.05) is 6.61 Å². The van der Waals surface area contributed by atoms with Crippen LogP contribution in [0.1, 0.15) is 36.7 Å². The van der Waals surface area contributed by atoms with Crippen LogP contribution in [0.5, 0.6) is 5.75 Å². The lowest BCUT2D eigenvalue weighted by Gasteiger charge is -2.18. The summed E-state index contributed by atoms with van der Waals surface area (Å²) in [5.41, 5.74) is 5.90. The van der Waals surface area contributed by atoms with Crippen LogP contribution in [-0.4, -0.2) is 28.2 Å². The third-order valence-corrected chi connectivity index (χ3v) is 3.24. The van der Waals surface area contributed by atoms with Crippen molar-refractivity contribution >= 4 is 11.8 Å². The Kier molecular flexibility index (Phi) is 5.23. The molecule has 2 rings (SSSR count). The van der Waals surface area contributed by atoms with Gasteiger partial charge in [-0.05, 0) is 39.8 Å². The summed E-state index contributed by atoms with van der Waals surface area (Å²) >= 11 is 0. The molecule has 0 aliphatic rings. The summed E-state index contributed by atoms with van der Waals surface area (Å²) in [5, 5.41) is 4.14. The summed E-state index contributed by atoms with van der Waals surface area (Å²) in [5.74, 6) is -0.296. The minimum atomic E-state index is -0.452. The fourth-order valence-electron chi connectivity index (χ4n) is 1.83. The second-order valence-corrected chi connectivity index (χ2v) is 6.45. The zero-order chi connectivity index (χ0) is 17.7. The molecule has 7 heteroatoms. The summed E-state index contributed by atoms with van der Waals surface area (Å²) in [6.45, 7) is 7.71. The SMILES string of the molecule is Cc1ccc(OCC(=O)NNC(=O)c2cnn(C(C)(C)C)c2)cc1. The quantitative estimate of drug-likeness (QED) is 0.837. The average Bonchev–Trinajstić information content (AvgIpc) is 3.02. The molecule has 0 atom stereocenters. The molecule has 0 aliphatic carbocycles. The van der Waals surface area contributed by atoms with Crippen molar-refractivity contribution in [3.8, 4) is 5.75 Å². The molecule has 0 unspecified atom stereocenters. The number of hydrazine groups is 1. The number of amides is 2. The smallest absolute Gasteiger partial charge is 0.276 e. The second kappa shape index (κ2) is 7.16. The van der Waals surface area contributed by atoms with Gasteiger partial charge < -0.3 is 4.74 Å². The molecular weight excluding hydrogens is 308 g/mol. The normalized spacial score (nSPS) is 11.0. The first kappa shape index (κ1) is 17.5. The molecule has 0 bridgehead atoms. The van der Waals surface area contributed by atoms with Gasteiger partial charge in [-0.15, -0.1) is 0 Å². The van der Waals surface area contributed by atoms with E-state index in [0.29, 0.717) is 11.3 Å². The predicted octanol–water partition coefficient (Wildman–Crippen LogP) is 1.79. The van der Waals surface area contributed by atoms with Gasteiger partial charge in [0.2, 0.25) is 0 Å². The Morgan fingerprint density at radius 2 is 1.83 bits per heavy atom. The van der Waals surface area contributed by atoms with E-state index in [4.69, 9.17) is 4.74 Å². The lowest BCUT2D eigenvalue weighted by molar-refractivity contribution is -0.123. The second-order valence-electron chi connectivity index (χ2n) is 6.45. The molecule has 1 aromatic carbocycles. The van der Waals surface area contributed by atoms with Crippen LogP contribution >= 0.6 is 0 Å². The predicted molar refractivity (Wildman–Crippen MR) is 89.5 cm³/mol. The fourth-order valence-corrected chi connectivity index (χ4v) is 1.83. The topological polar surface area (TPSA) is 85.2 Å². The highest BCUT2D eigenvalue weighted by Crippen LogP contribution is 2.13. The Balaban J connectivity index is 1.79. The molecule has 0 spiro atoms. The van der Waals surface area contributed by atoms with Gasteiger partial charge in [-0.1, -0.05) is 17.7 Å². The van der Waals surface area contributed by atoms with Crippen LogP contribution in [0, 0.1) is 6.92 Å². The van der Waals surface area contributed by atoms with E-state index in [1.165, 1.54) is 6.20 Å². The molecule has 2 amide bonds. The van der Waals surface area contributed by atoms with Crippen LogP contribution in [0.4, 0.5) is 0 Å². The molecule has 0 aliphatic heterocycles. The molecule has 7 nitrogen and oxygen atoms in total. The molecule has 24 heavy (non-hydrogen) atoms. The number of aromatic nitrogens is 2. The first-order valence-electron chi connectivity index (χ1n) is 7.59. The standard InChI is InChI=1S/C17H22N4O3/c1-12-5-7-14(8-6-12)24-11-15(22)19-20-16(23)13-9-18-21(10-13)17(2,3)4/h5-10H,11H2,1-4H3,(H,19,22)(H,20,23). The number of hydrogen-bond donors (Lipinski definition) is 2. The summed E-state index contributed by atoms with van der Waals surface area (Å²) < 4.78 is 7.01. The van der Waals surface area contributed by atoms with E-state index in [1.54, 1.807) is 23.0 Å². The van der Waals surface area contributed by atoms with E-state index < -0.39 is 11.8 Å². The summed E-state index contributed by atoms with van der Waals surface area (Å²) in [6, 6.07) is 7.34. The van der Waals surface area contributed by atoms with Crippen molar-refractivity contribution in [3.63, 3.8) is 0 Å². The zero-order valence-corrected chi connectivity index (χ0v) is 14.3. The Hall–Kier alpha value is -2.83. The average molecular weight is 330 g/mol. The summed E-state index contributed by atoms with van der Waals surface area (Å²) in [7, 11) is 0. The third kappa shape index (κ3) is 4.84. The number of carbonyl (C=O) groups excluding carboxylic acids is 2. The summed E-state index contributed by atoms with van der Waals surface area (Å²) in [6.07, 6.45) is 3.08. The lowest BCUT2D eigenvalue weighted by atomic mass is 10.1. The number of aryl methyl sites for hydroxylation is 1. The van der Waals surface area contributed by atoms with E-state index in [2.05, 4.69) is 16.0 Å². The van der Waals surface area contributed by atoms with Crippen LogP contribution in [0.3, 0.4) is 0 Å². The highest BCUT2D eigenvalue weighted by atomic mass is 16.5. The Morgan fingerprint density at radius 3 is 2.42 bits per heavy atom. The Bertz CT molecular complexity index is 714. The van der Waals surface area contributed by atoms with E-state index >= 15 is 0 Å². The van der Waals surface area contributed by atoms with Crippen molar-refractivity contribution in [2.24, 2.45) is 0 Å². The van der Waals surface area contributed by atoms with Gasteiger partial charge in [0.25, 0.3) is 11.8 Å². The van der Waals surface area contributed by atoms with Gasteiger partial charge in [-0.2, -0.15) is 5.10 Å². The van der Waals surface area contributed by atoms with E-state index in [-0.39, 0.29) is 12.1 Å². The molecule has 1 heterocycles. The van der Waals surface area contributed by atoms with Crippen LogP contribution in [0.25, 0.3) is 0 Å². The first-order valence-corrected chi connectivity index (χ1v) is 7.59. The van der Waals surface area contributed by atoms with Crippen LogP contribution in [0.15, 0.2) is 36.7 Å². The number of nitrogens with one attached hydrogen (secondary N) is 2. The van der Waals surface area contributed by atoms with Crippen LogP contribution in [-0.2, 0) is 10.3 Å². The molecular formula is C17H22N4O3. The van der Waals surface area contributed by atoms with Crippen molar-refractivity contribution in [2.45, 2.75) is 33.2 Å². The largest absolute Gasteiger partial charge is 0.484 e. The Morgan fingerprint density at radius 1 is 1.17 bits per heavy atom. The molecule has 0 radical (unpaired) electrons. The van der Waals surface area contributed by atoms with E-state index in [9.17, 15) is 9.59 Å². The van der Waals surface area contributed by atoms with Gasteiger partial charge in [0.15, 0.2) is 6.61 Å². The van der Waals surface area contributed by atoms with Gasteiger partial charge in [0.1, 0.15) is 5.75 Å². The minimum Gasteiger partial charge on any atom is -0.484 e. The number of rotatable bonds is 4. The number of nitrogens with zero attached hydrogens (tertiary/aromatic N) is 2. The lowest BCUT2D eigenvalue weighted by Crippen LogP contribution is -2.43. The van der Waals surface area contributed by atoms with Crippen LogP contribution in [0.2, 0.25) is 0 Å². The van der Waals surface area contributed by atoms with Crippen LogP contribution < -0.4 is 15.6 Å². The maximum Gasteiger partial charge on any atom is 0.276 e. The van der Waals surface area contributed by atoms with Crippen molar-refractivity contribution in [3.05, 3.63) is 47.8 Å². The molecule has 128 valence electrons. The molecule has 1 aromatic heterocycles. The molecule has 2 N–H and O–H groups in total. The van der Waals surface area contributed by atoms with E-state index in [1.807, 2.05) is 39.8 Å². The van der Waals surface area contributed by atoms with Gasteiger partial charge >= 0.3 is 0 Å². The zero-order valence-electron chi connectivity index (χ0n) is 14.3. The Labute approximate surface area is 141 Å². The fraction of sp³-hybridized carbons (Fsp3) is 0.353.